The van der Waals surface area contributed by atoms with Crippen LogP contribution in [0.4, 0.5) is 5.69 Å². The average Bonchev–Trinajstić information content (AvgIpc) is 2.55. The highest BCUT2D eigenvalue weighted by atomic mass is 16.5. The zero-order valence-electron chi connectivity index (χ0n) is 12.8. The Morgan fingerprint density at radius 2 is 1.91 bits per heavy atom. The molecule has 2 rings (SSSR count). The van der Waals surface area contributed by atoms with Gasteiger partial charge >= 0.3 is 5.97 Å². The maximum atomic E-state index is 12.4. The third-order valence-electron chi connectivity index (χ3n) is 3.10. The van der Waals surface area contributed by atoms with Gasteiger partial charge in [-0.3, -0.25) is 4.79 Å². The number of carboxylic acid groups (broad SMARTS) is 1. The van der Waals surface area contributed by atoms with Gasteiger partial charge in [0, 0.05) is 5.56 Å². The van der Waals surface area contributed by atoms with Crippen LogP contribution in [-0.2, 0) is 0 Å². The van der Waals surface area contributed by atoms with Gasteiger partial charge in [-0.1, -0.05) is 6.07 Å². The lowest BCUT2D eigenvalue weighted by Gasteiger charge is -2.11. The van der Waals surface area contributed by atoms with E-state index < -0.39 is 5.97 Å². The largest absolute Gasteiger partial charge is 0.495 e. The fourth-order valence-corrected chi connectivity index (χ4v) is 2.03. The van der Waals surface area contributed by atoms with E-state index >= 15 is 0 Å². The van der Waals surface area contributed by atoms with Crippen molar-refractivity contribution in [2.45, 2.75) is 6.92 Å². The van der Waals surface area contributed by atoms with Gasteiger partial charge in [0.1, 0.15) is 11.5 Å². The van der Waals surface area contributed by atoms with Gasteiger partial charge in [0.15, 0.2) is 0 Å². The van der Waals surface area contributed by atoms with E-state index in [0.717, 1.165) is 0 Å². The van der Waals surface area contributed by atoms with Crippen LogP contribution in [0.1, 0.15) is 27.6 Å². The molecule has 2 aromatic carbocycles. The van der Waals surface area contributed by atoms with Crippen molar-refractivity contribution in [3.05, 3.63) is 53.6 Å². The molecule has 0 aliphatic rings. The topological polar surface area (TPSA) is 84.9 Å². The molecule has 0 aromatic heterocycles. The third-order valence-corrected chi connectivity index (χ3v) is 3.10. The summed E-state index contributed by atoms with van der Waals surface area (Å²) in [7, 11) is 1.45. The Balaban J connectivity index is 2.27. The van der Waals surface area contributed by atoms with Crippen LogP contribution in [0, 0.1) is 0 Å². The highest BCUT2D eigenvalue weighted by Crippen LogP contribution is 2.26. The van der Waals surface area contributed by atoms with Gasteiger partial charge in [-0.05, 0) is 43.3 Å². The van der Waals surface area contributed by atoms with Gasteiger partial charge in [0.05, 0.1) is 25.0 Å². The van der Waals surface area contributed by atoms with Gasteiger partial charge < -0.3 is 19.9 Å². The second kappa shape index (κ2) is 7.31. The van der Waals surface area contributed by atoms with Gasteiger partial charge in [-0.2, -0.15) is 0 Å². The Kier molecular flexibility index (Phi) is 5.19. The molecular weight excluding hydrogens is 298 g/mol. The summed E-state index contributed by atoms with van der Waals surface area (Å²) in [6, 6.07) is 11.0. The van der Waals surface area contributed by atoms with E-state index in [2.05, 4.69) is 5.32 Å². The van der Waals surface area contributed by atoms with Crippen molar-refractivity contribution in [3.8, 4) is 11.5 Å². The van der Waals surface area contributed by atoms with Crippen LogP contribution in [0.5, 0.6) is 11.5 Å². The van der Waals surface area contributed by atoms with E-state index in [9.17, 15) is 9.59 Å². The predicted octanol–water partition coefficient (Wildman–Crippen LogP) is 3.04. The van der Waals surface area contributed by atoms with Crippen LogP contribution < -0.4 is 14.8 Å². The number of carbonyl (C=O) groups excluding carboxylic acids is 1. The second-order valence-electron chi connectivity index (χ2n) is 4.64. The first-order chi connectivity index (χ1) is 11.0. The lowest BCUT2D eigenvalue weighted by atomic mass is 10.1. The van der Waals surface area contributed by atoms with E-state index in [1.165, 1.54) is 25.3 Å². The minimum Gasteiger partial charge on any atom is -0.495 e. The molecule has 0 fully saturated rings. The molecule has 120 valence electrons. The number of benzene rings is 2. The summed E-state index contributed by atoms with van der Waals surface area (Å²) < 4.78 is 10.5. The van der Waals surface area contributed by atoms with Crippen molar-refractivity contribution in [1.82, 2.24) is 0 Å². The molecule has 0 unspecified atom stereocenters. The SMILES string of the molecule is CCOc1cccc(C(=O)Nc2cc(C(=O)O)ccc2OC)c1. The van der Waals surface area contributed by atoms with Gasteiger partial charge in [0.2, 0.25) is 0 Å². The number of amides is 1. The maximum Gasteiger partial charge on any atom is 0.335 e. The molecule has 6 heteroatoms. The average molecular weight is 315 g/mol. The van der Waals surface area contributed by atoms with Crippen LogP contribution in [-0.4, -0.2) is 30.7 Å². The van der Waals surface area contributed by atoms with Crippen molar-refractivity contribution >= 4 is 17.6 Å². The lowest BCUT2D eigenvalue weighted by molar-refractivity contribution is 0.0696. The van der Waals surface area contributed by atoms with Crippen molar-refractivity contribution in [3.63, 3.8) is 0 Å². The van der Waals surface area contributed by atoms with Crippen LogP contribution in [0.25, 0.3) is 0 Å². The normalized spacial score (nSPS) is 10.0. The Bertz CT molecular complexity index is 727. The van der Waals surface area contributed by atoms with Crippen molar-refractivity contribution in [1.29, 1.82) is 0 Å². The molecule has 2 N–H and O–H groups in total. The molecule has 0 atom stereocenters. The number of anilines is 1. The summed E-state index contributed by atoms with van der Waals surface area (Å²) in [6.07, 6.45) is 0. The fourth-order valence-electron chi connectivity index (χ4n) is 2.03. The zero-order chi connectivity index (χ0) is 16.8. The molecule has 0 heterocycles. The molecule has 0 bridgehead atoms. The number of carbonyl (C=O) groups is 2. The maximum absolute atomic E-state index is 12.4. The standard InChI is InChI=1S/C17H17NO5/c1-3-23-13-6-4-5-11(9-13)16(19)18-14-10-12(17(20)21)7-8-15(14)22-2/h4-10H,3H2,1-2H3,(H,18,19)(H,20,21). The molecule has 2 aromatic rings. The zero-order valence-corrected chi connectivity index (χ0v) is 12.8. The molecule has 0 spiro atoms. The van der Waals surface area contributed by atoms with Gasteiger partial charge in [-0.25, -0.2) is 4.79 Å². The number of methoxy groups -OCH3 is 1. The minimum atomic E-state index is -1.08. The highest BCUT2D eigenvalue weighted by molar-refractivity contribution is 6.05. The first-order valence-corrected chi connectivity index (χ1v) is 7.00. The molecule has 0 aliphatic carbocycles. The monoisotopic (exact) mass is 315 g/mol. The minimum absolute atomic E-state index is 0.0594. The van der Waals surface area contributed by atoms with Crippen molar-refractivity contribution in [2.75, 3.05) is 19.0 Å². The Labute approximate surface area is 133 Å². The number of nitrogens with one attached hydrogen (secondary N) is 1. The van der Waals surface area contributed by atoms with Crippen LogP contribution in [0.15, 0.2) is 42.5 Å². The smallest absolute Gasteiger partial charge is 0.335 e. The molecular formula is C17H17NO5. The number of rotatable bonds is 6. The predicted molar refractivity (Wildman–Crippen MR) is 85.5 cm³/mol. The Morgan fingerprint density at radius 3 is 2.57 bits per heavy atom. The number of hydrogen-bond donors (Lipinski definition) is 2. The number of aromatic carboxylic acids is 1. The lowest BCUT2D eigenvalue weighted by Crippen LogP contribution is -2.13. The first-order valence-electron chi connectivity index (χ1n) is 7.00. The Morgan fingerprint density at radius 1 is 1.13 bits per heavy atom. The van der Waals surface area contributed by atoms with Crippen LogP contribution in [0.2, 0.25) is 0 Å². The van der Waals surface area contributed by atoms with Crippen molar-refractivity contribution < 1.29 is 24.2 Å². The molecule has 23 heavy (non-hydrogen) atoms. The third kappa shape index (κ3) is 4.00. The number of hydrogen-bond acceptors (Lipinski definition) is 4. The summed E-state index contributed by atoms with van der Waals surface area (Å²) in [5.74, 6) is -0.496. The van der Waals surface area contributed by atoms with Gasteiger partial charge in [-0.15, -0.1) is 0 Å². The summed E-state index contributed by atoms with van der Waals surface area (Å²) in [5, 5.41) is 11.7. The first kappa shape index (κ1) is 16.4. The summed E-state index contributed by atoms with van der Waals surface area (Å²) >= 11 is 0. The van der Waals surface area contributed by atoms with Crippen LogP contribution >= 0.6 is 0 Å². The quantitative estimate of drug-likeness (QED) is 0.856. The fraction of sp³-hybridized carbons (Fsp3) is 0.176. The van der Waals surface area contributed by atoms with E-state index in [1.54, 1.807) is 24.3 Å². The van der Waals surface area contributed by atoms with E-state index in [0.29, 0.717) is 29.4 Å². The summed E-state index contributed by atoms with van der Waals surface area (Å²) in [6.45, 7) is 2.36. The second-order valence-corrected chi connectivity index (χ2v) is 4.64. The molecule has 0 saturated heterocycles. The van der Waals surface area contributed by atoms with Crippen molar-refractivity contribution in [2.24, 2.45) is 0 Å². The highest BCUT2D eigenvalue weighted by Gasteiger charge is 2.13. The molecule has 6 nitrogen and oxygen atoms in total. The van der Waals surface area contributed by atoms with E-state index in [4.69, 9.17) is 14.6 Å². The van der Waals surface area contributed by atoms with E-state index in [1.807, 2.05) is 6.92 Å². The molecule has 0 radical (unpaired) electrons. The summed E-state index contributed by atoms with van der Waals surface area (Å²) in [5.41, 5.74) is 0.752. The Hall–Kier alpha value is -3.02. The number of ether oxygens (including phenoxy) is 2. The number of carboxylic acids is 1. The van der Waals surface area contributed by atoms with Crippen LogP contribution in [0.3, 0.4) is 0 Å². The van der Waals surface area contributed by atoms with Gasteiger partial charge in [0.25, 0.3) is 5.91 Å². The summed E-state index contributed by atoms with van der Waals surface area (Å²) in [4.78, 5) is 23.4. The molecule has 1 amide bonds. The molecule has 0 aliphatic heterocycles. The van der Waals surface area contributed by atoms with E-state index in [-0.39, 0.29) is 11.5 Å². The molecule has 0 saturated carbocycles.